The van der Waals surface area contributed by atoms with Gasteiger partial charge < -0.3 is 10.1 Å². The molecular formula is C12H15F3N2O4. The van der Waals surface area contributed by atoms with Gasteiger partial charge in [0.25, 0.3) is 0 Å². The molecule has 0 atom stereocenters. The number of halogens is 3. The number of hydrogen-bond donors (Lipinski definition) is 1. The molecule has 21 heavy (non-hydrogen) atoms. The molecule has 1 aromatic carbocycles. The van der Waals surface area contributed by atoms with Crippen LogP contribution < -0.4 is 10.1 Å². The summed E-state index contributed by atoms with van der Waals surface area (Å²) in [5, 5.41) is 13.9. The summed E-state index contributed by atoms with van der Waals surface area (Å²) in [7, 11) is 0. The van der Waals surface area contributed by atoms with Gasteiger partial charge in [0.2, 0.25) is 0 Å². The Morgan fingerprint density at radius 3 is 2.62 bits per heavy atom. The van der Waals surface area contributed by atoms with Gasteiger partial charge in [-0.1, -0.05) is 13.0 Å². The molecule has 0 aliphatic heterocycles. The lowest BCUT2D eigenvalue weighted by Crippen LogP contribution is -2.18. The second kappa shape index (κ2) is 7.79. The maximum Gasteiger partial charge on any atom is 0.522 e. The van der Waals surface area contributed by atoms with E-state index >= 15 is 0 Å². The van der Waals surface area contributed by atoms with Gasteiger partial charge in [-0.25, -0.2) is 0 Å². The Labute approximate surface area is 119 Å². The number of nitro benzene ring substituents is 1. The van der Waals surface area contributed by atoms with Crippen molar-refractivity contribution in [3.63, 3.8) is 0 Å². The van der Waals surface area contributed by atoms with Crippen molar-refractivity contribution in [3.8, 4) is 5.75 Å². The highest BCUT2D eigenvalue weighted by Gasteiger charge is 2.28. The third-order valence-electron chi connectivity index (χ3n) is 2.41. The molecular weight excluding hydrogens is 293 g/mol. The molecule has 0 saturated heterocycles. The Bertz CT molecular complexity index is 480. The predicted molar refractivity (Wildman–Crippen MR) is 68.0 cm³/mol. The van der Waals surface area contributed by atoms with Crippen LogP contribution in [-0.4, -0.2) is 31.0 Å². The highest BCUT2D eigenvalue weighted by molar-refractivity contribution is 5.48. The van der Waals surface area contributed by atoms with Gasteiger partial charge in [0, 0.05) is 12.6 Å². The molecule has 0 aliphatic rings. The topological polar surface area (TPSA) is 73.6 Å². The summed E-state index contributed by atoms with van der Waals surface area (Å²) < 4.78 is 44.0. The SMILES string of the molecule is CCNCc1ccc([N+](=O)[O-])c(OCCOC(F)(F)F)c1. The van der Waals surface area contributed by atoms with Crippen molar-refractivity contribution in [3.05, 3.63) is 33.9 Å². The van der Waals surface area contributed by atoms with E-state index in [9.17, 15) is 23.3 Å². The van der Waals surface area contributed by atoms with Crippen molar-refractivity contribution in [1.82, 2.24) is 5.32 Å². The second-order valence-electron chi connectivity index (χ2n) is 3.98. The van der Waals surface area contributed by atoms with E-state index in [0.29, 0.717) is 13.1 Å². The van der Waals surface area contributed by atoms with E-state index in [1.807, 2.05) is 6.92 Å². The number of hydrogen-bond acceptors (Lipinski definition) is 5. The Morgan fingerprint density at radius 1 is 1.33 bits per heavy atom. The first kappa shape index (κ1) is 17.2. The molecule has 6 nitrogen and oxygen atoms in total. The van der Waals surface area contributed by atoms with E-state index < -0.39 is 24.5 Å². The zero-order valence-corrected chi connectivity index (χ0v) is 11.3. The van der Waals surface area contributed by atoms with Crippen LogP contribution in [0.3, 0.4) is 0 Å². The molecule has 9 heteroatoms. The molecule has 0 bridgehead atoms. The molecule has 0 saturated carbocycles. The lowest BCUT2D eigenvalue weighted by molar-refractivity contribution is -0.386. The summed E-state index contributed by atoms with van der Waals surface area (Å²) in [6.45, 7) is 1.91. The molecule has 0 aromatic heterocycles. The summed E-state index contributed by atoms with van der Waals surface area (Å²) in [5.74, 6) is -0.0822. The lowest BCUT2D eigenvalue weighted by Gasteiger charge is -2.10. The van der Waals surface area contributed by atoms with Gasteiger partial charge in [-0.2, -0.15) is 0 Å². The van der Waals surface area contributed by atoms with Crippen molar-refractivity contribution in [2.45, 2.75) is 19.8 Å². The fourth-order valence-electron chi connectivity index (χ4n) is 1.51. The Balaban J connectivity index is 2.69. The first-order chi connectivity index (χ1) is 9.83. The van der Waals surface area contributed by atoms with E-state index in [4.69, 9.17) is 4.74 Å². The highest BCUT2D eigenvalue weighted by Crippen LogP contribution is 2.28. The molecule has 0 amide bonds. The summed E-state index contributed by atoms with van der Waals surface area (Å²) in [6, 6.07) is 4.24. The Morgan fingerprint density at radius 2 is 2.05 bits per heavy atom. The van der Waals surface area contributed by atoms with Gasteiger partial charge in [-0.05, 0) is 18.2 Å². The van der Waals surface area contributed by atoms with Crippen molar-refractivity contribution in [1.29, 1.82) is 0 Å². The molecule has 1 rings (SSSR count). The summed E-state index contributed by atoms with van der Waals surface area (Å²) >= 11 is 0. The zero-order valence-electron chi connectivity index (χ0n) is 11.3. The fraction of sp³-hybridized carbons (Fsp3) is 0.500. The number of rotatable bonds is 8. The van der Waals surface area contributed by atoms with Crippen LogP contribution in [0.5, 0.6) is 5.75 Å². The van der Waals surface area contributed by atoms with Crippen LogP contribution >= 0.6 is 0 Å². The standard InChI is InChI=1S/C12H15F3N2O4/c1-2-16-8-9-3-4-10(17(18)19)11(7-9)20-5-6-21-12(13,14)15/h3-4,7,16H,2,5-6,8H2,1H3. The number of nitrogens with one attached hydrogen (secondary N) is 1. The maximum atomic E-state index is 11.8. The molecule has 1 aromatic rings. The van der Waals surface area contributed by atoms with Gasteiger partial charge >= 0.3 is 12.0 Å². The third kappa shape index (κ3) is 6.41. The minimum atomic E-state index is -4.75. The van der Waals surface area contributed by atoms with Crippen LogP contribution in [0.25, 0.3) is 0 Å². The minimum absolute atomic E-state index is 0.0822. The first-order valence-corrected chi connectivity index (χ1v) is 6.15. The van der Waals surface area contributed by atoms with E-state index in [2.05, 4.69) is 10.1 Å². The predicted octanol–water partition coefficient (Wildman–Crippen LogP) is 2.62. The number of ether oxygens (including phenoxy) is 2. The van der Waals surface area contributed by atoms with Gasteiger partial charge in [0.1, 0.15) is 6.61 Å². The van der Waals surface area contributed by atoms with Crippen LogP contribution in [0, 0.1) is 10.1 Å². The van der Waals surface area contributed by atoms with Crippen LogP contribution in [0.4, 0.5) is 18.9 Å². The van der Waals surface area contributed by atoms with Gasteiger partial charge in [-0.15, -0.1) is 13.2 Å². The number of alkyl halides is 3. The molecule has 0 heterocycles. The van der Waals surface area contributed by atoms with Crippen LogP contribution in [-0.2, 0) is 11.3 Å². The molecule has 0 spiro atoms. The van der Waals surface area contributed by atoms with Gasteiger partial charge in [-0.3, -0.25) is 14.9 Å². The van der Waals surface area contributed by atoms with Crippen molar-refractivity contribution in [2.75, 3.05) is 19.8 Å². The molecule has 118 valence electrons. The molecule has 0 fully saturated rings. The van der Waals surface area contributed by atoms with Crippen molar-refractivity contribution >= 4 is 5.69 Å². The molecule has 0 radical (unpaired) electrons. The quantitative estimate of drug-likeness (QED) is 0.454. The van der Waals surface area contributed by atoms with Crippen LogP contribution in [0.1, 0.15) is 12.5 Å². The summed E-state index contributed by atoms with van der Waals surface area (Å²) in [4.78, 5) is 10.2. The van der Waals surface area contributed by atoms with E-state index in [-0.39, 0.29) is 11.4 Å². The van der Waals surface area contributed by atoms with Crippen LogP contribution in [0.15, 0.2) is 18.2 Å². The molecule has 0 unspecified atom stereocenters. The average Bonchev–Trinajstić information content (AvgIpc) is 2.40. The number of nitro groups is 1. The van der Waals surface area contributed by atoms with E-state index in [1.165, 1.54) is 12.1 Å². The molecule has 0 aliphatic carbocycles. The average molecular weight is 308 g/mol. The zero-order chi connectivity index (χ0) is 15.9. The monoisotopic (exact) mass is 308 g/mol. The minimum Gasteiger partial charge on any atom is -0.484 e. The number of nitrogens with zero attached hydrogens (tertiary/aromatic N) is 1. The van der Waals surface area contributed by atoms with Crippen molar-refractivity contribution in [2.24, 2.45) is 0 Å². The third-order valence-corrected chi connectivity index (χ3v) is 2.41. The molecule has 1 N–H and O–H groups in total. The largest absolute Gasteiger partial charge is 0.522 e. The maximum absolute atomic E-state index is 11.8. The summed E-state index contributed by atoms with van der Waals surface area (Å²) in [6.07, 6.45) is -4.75. The van der Waals surface area contributed by atoms with E-state index in [1.54, 1.807) is 6.07 Å². The highest BCUT2D eigenvalue weighted by atomic mass is 19.4. The van der Waals surface area contributed by atoms with Crippen molar-refractivity contribution < 1.29 is 27.6 Å². The second-order valence-corrected chi connectivity index (χ2v) is 3.98. The fourth-order valence-corrected chi connectivity index (χ4v) is 1.51. The van der Waals surface area contributed by atoms with E-state index in [0.717, 1.165) is 5.56 Å². The smallest absolute Gasteiger partial charge is 0.484 e. The Hall–Kier alpha value is -1.87. The van der Waals surface area contributed by atoms with Gasteiger partial charge in [0.05, 0.1) is 11.5 Å². The normalized spacial score (nSPS) is 11.4. The summed E-state index contributed by atoms with van der Waals surface area (Å²) in [5.41, 5.74) is 0.427. The first-order valence-electron chi connectivity index (χ1n) is 6.15. The number of benzene rings is 1. The lowest BCUT2D eigenvalue weighted by atomic mass is 10.2. The van der Waals surface area contributed by atoms with Gasteiger partial charge in [0.15, 0.2) is 5.75 Å². The Kier molecular flexibility index (Phi) is 6.38. The van der Waals surface area contributed by atoms with Crippen LogP contribution in [0.2, 0.25) is 0 Å².